The fourth-order valence-corrected chi connectivity index (χ4v) is 0.445. The van der Waals surface area contributed by atoms with Crippen molar-refractivity contribution in [2.45, 2.75) is 20.8 Å². The van der Waals surface area contributed by atoms with Crippen LogP contribution in [0.5, 0.6) is 0 Å². The molecule has 0 bridgehead atoms. The van der Waals surface area contributed by atoms with E-state index in [-0.39, 0.29) is 0 Å². The van der Waals surface area contributed by atoms with Gasteiger partial charge in [0.2, 0.25) is 0 Å². The summed E-state index contributed by atoms with van der Waals surface area (Å²) in [5, 5.41) is 0. The van der Waals surface area contributed by atoms with Gasteiger partial charge in [-0.05, 0) is 0 Å². The Labute approximate surface area is 66.2 Å². The van der Waals surface area contributed by atoms with Crippen LogP contribution in [0.3, 0.4) is 0 Å². The predicted molar refractivity (Wildman–Crippen MR) is 37.9 cm³/mol. The Kier molecular flexibility index (Phi) is 4.74. The van der Waals surface area contributed by atoms with Gasteiger partial charge in [-0.1, -0.05) is 0 Å². The molecule has 0 nitrogen and oxygen atoms in total. The van der Waals surface area contributed by atoms with Gasteiger partial charge in [-0.15, -0.1) is 0 Å². The van der Waals surface area contributed by atoms with Gasteiger partial charge in [0.15, 0.2) is 0 Å². The van der Waals surface area contributed by atoms with Crippen molar-refractivity contribution < 1.29 is 17.0 Å². The molecule has 0 saturated heterocycles. The van der Waals surface area contributed by atoms with Crippen LogP contribution in [0.4, 0.5) is 0 Å². The zero-order valence-electron chi connectivity index (χ0n) is 6.10. The Hall–Kier alpha value is -0.0656. The predicted octanol–water partition coefficient (Wildman–Crippen LogP) is 2.05. The molecular formula is C8H11V-. The van der Waals surface area contributed by atoms with E-state index in [1.54, 1.807) is 0 Å². The van der Waals surface area contributed by atoms with Gasteiger partial charge in [0.25, 0.3) is 0 Å². The van der Waals surface area contributed by atoms with Crippen LogP contribution in [0.1, 0.15) is 20.8 Å². The van der Waals surface area contributed by atoms with E-state index in [2.05, 4.69) is 36.1 Å². The van der Waals surface area contributed by atoms with E-state index in [1.165, 1.54) is 9.80 Å². The van der Waals surface area contributed by atoms with Gasteiger partial charge in [0, 0.05) is 0 Å². The van der Waals surface area contributed by atoms with Gasteiger partial charge in [-0.2, -0.15) is 0 Å². The van der Waals surface area contributed by atoms with E-state index in [0.29, 0.717) is 0 Å². The molecule has 0 radical (unpaired) electrons. The molecule has 0 N–H and O–H groups in total. The van der Waals surface area contributed by atoms with Crippen LogP contribution in [0, 0.1) is 6.08 Å². The first-order chi connectivity index (χ1) is 4.16. The summed E-state index contributed by atoms with van der Waals surface area (Å²) >= 11 is 2.50. The molecule has 9 heavy (non-hydrogen) atoms. The molecule has 0 aromatic heterocycles. The second-order valence-electron chi connectivity index (χ2n) is 1.91. The van der Waals surface area contributed by atoms with E-state index in [4.69, 9.17) is 0 Å². The fourth-order valence-electron chi connectivity index (χ4n) is 0.329. The number of rotatable bonds is 2. The van der Waals surface area contributed by atoms with Crippen molar-refractivity contribution in [2.75, 3.05) is 0 Å². The van der Waals surface area contributed by atoms with Crippen molar-refractivity contribution in [3.05, 3.63) is 23.8 Å². The molecule has 49 valence electrons. The van der Waals surface area contributed by atoms with Gasteiger partial charge < -0.3 is 0 Å². The summed E-state index contributed by atoms with van der Waals surface area (Å²) in [6, 6.07) is 0. The Morgan fingerprint density at radius 3 is 2.22 bits per heavy atom. The van der Waals surface area contributed by atoms with Crippen molar-refractivity contribution in [3.63, 3.8) is 0 Å². The molecule has 0 aliphatic heterocycles. The van der Waals surface area contributed by atoms with Gasteiger partial charge in [0.05, 0.1) is 0 Å². The maximum absolute atomic E-state index is 3.03. The summed E-state index contributed by atoms with van der Waals surface area (Å²) in [5.74, 6) is 0. The molecule has 0 saturated carbocycles. The van der Waals surface area contributed by atoms with E-state index in [0.717, 1.165) is 0 Å². The SMILES string of the molecule is C[C-]=C(C)/C=C\[C](C)=[V]. The molecule has 0 aromatic carbocycles. The summed E-state index contributed by atoms with van der Waals surface area (Å²) in [4.78, 5) is 0. The van der Waals surface area contributed by atoms with Crippen LogP contribution >= 0.6 is 0 Å². The average Bonchev–Trinajstić information content (AvgIpc) is 1.83. The Morgan fingerprint density at radius 1 is 1.33 bits per heavy atom. The van der Waals surface area contributed by atoms with E-state index in [9.17, 15) is 0 Å². The Balaban J connectivity index is 3.86. The van der Waals surface area contributed by atoms with E-state index >= 15 is 0 Å². The molecule has 0 fully saturated rings. The maximum atomic E-state index is 3.03. The first-order valence-electron chi connectivity index (χ1n) is 2.88. The summed E-state index contributed by atoms with van der Waals surface area (Å²) in [6.07, 6.45) is 7.14. The fraction of sp³-hybridized carbons (Fsp3) is 0.375. The van der Waals surface area contributed by atoms with Crippen LogP contribution in [0.15, 0.2) is 17.7 Å². The molecule has 0 atom stereocenters. The van der Waals surface area contributed by atoms with Crippen LogP contribution in [0.25, 0.3) is 0 Å². The van der Waals surface area contributed by atoms with Crippen LogP contribution in [-0.2, 0) is 17.0 Å². The van der Waals surface area contributed by atoms with Crippen molar-refractivity contribution in [3.8, 4) is 0 Å². The van der Waals surface area contributed by atoms with Crippen LogP contribution < -0.4 is 0 Å². The molecule has 0 heterocycles. The van der Waals surface area contributed by atoms with Crippen LogP contribution in [0.2, 0.25) is 0 Å². The van der Waals surface area contributed by atoms with Gasteiger partial charge in [-0.25, -0.2) is 0 Å². The monoisotopic (exact) mass is 158 g/mol. The van der Waals surface area contributed by atoms with Crippen molar-refractivity contribution in [1.29, 1.82) is 0 Å². The third-order valence-electron chi connectivity index (χ3n) is 0.969. The topological polar surface area (TPSA) is 0 Å². The summed E-state index contributed by atoms with van der Waals surface area (Å²) < 4.78 is 1.26. The summed E-state index contributed by atoms with van der Waals surface area (Å²) in [6.45, 7) is 6.01. The molecule has 0 aromatic rings. The molecule has 1 heteroatoms. The zero-order valence-corrected chi connectivity index (χ0v) is 7.50. The van der Waals surface area contributed by atoms with Crippen LogP contribution in [-0.4, -0.2) is 4.23 Å². The van der Waals surface area contributed by atoms with Crippen molar-refractivity contribution >= 4 is 4.23 Å². The minimum atomic E-state index is 1.18. The van der Waals surface area contributed by atoms with Gasteiger partial charge in [-0.3, -0.25) is 0 Å². The normalized spacial score (nSPS) is 12.4. The first-order valence-corrected chi connectivity index (χ1v) is 3.58. The van der Waals surface area contributed by atoms with E-state index in [1.807, 2.05) is 19.9 Å². The molecule has 0 unspecified atom stereocenters. The van der Waals surface area contributed by atoms with E-state index < -0.39 is 0 Å². The Morgan fingerprint density at radius 2 is 1.89 bits per heavy atom. The molecule has 0 aliphatic rings. The number of hydrogen-bond acceptors (Lipinski definition) is 0. The molecule has 0 spiro atoms. The third kappa shape index (κ3) is 5.81. The third-order valence-corrected chi connectivity index (χ3v) is 1.20. The van der Waals surface area contributed by atoms with Gasteiger partial charge in [0.1, 0.15) is 0 Å². The molecular weight excluding hydrogens is 147 g/mol. The van der Waals surface area contributed by atoms with Gasteiger partial charge >= 0.3 is 65.8 Å². The minimum absolute atomic E-state index is 1.18. The standard InChI is InChI=1S/C8H11.V/c1-4-6-7-8(3)5-2;/h6-7H,1-3H3;/q-1;/b7-6-;. The molecule has 0 amide bonds. The second kappa shape index (κ2) is 4.78. The molecule has 0 aliphatic carbocycles. The quantitative estimate of drug-likeness (QED) is 0.426. The number of hydrogen-bond donors (Lipinski definition) is 0. The second-order valence-corrected chi connectivity index (χ2v) is 3.01. The first kappa shape index (κ1) is 8.93. The van der Waals surface area contributed by atoms with Crippen molar-refractivity contribution in [1.82, 2.24) is 0 Å². The number of allylic oxidation sites excluding steroid dienone is 4. The zero-order chi connectivity index (χ0) is 7.28. The summed E-state index contributed by atoms with van der Waals surface area (Å²) in [7, 11) is 0. The summed E-state index contributed by atoms with van der Waals surface area (Å²) in [5.41, 5.74) is 1.18. The average molecular weight is 158 g/mol. The van der Waals surface area contributed by atoms with Crippen molar-refractivity contribution in [2.24, 2.45) is 0 Å². The Bertz CT molecular complexity index is 152. The molecule has 0 rings (SSSR count).